The third-order valence-corrected chi connectivity index (χ3v) is 6.28. The number of pyridine rings is 3. The van der Waals surface area contributed by atoms with Crippen LogP contribution in [0.3, 0.4) is 0 Å². The van der Waals surface area contributed by atoms with Gasteiger partial charge < -0.3 is 14.0 Å². The van der Waals surface area contributed by atoms with Gasteiger partial charge in [-0.05, 0) is 18.2 Å². The van der Waals surface area contributed by atoms with Crippen LogP contribution in [0.15, 0.2) is 36.9 Å². The second kappa shape index (κ2) is 9.12. The lowest BCUT2D eigenvalue weighted by atomic mass is 10.1. The molecule has 0 amide bonds. The van der Waals surface area contributed by atoms with E-state index in [1.807, 2.05) is 18.5 Å². The quantitative estimate of drug-likeness (QED) is 0.419. The van der Waals surface area contributed by atoms with Crippen molar-refractivity contribution in [2.24, 2.45) is 0 Å². The Morgan fingerprint density at radius 2 is 1.91 bits per heavy atom. The number of anilines is 1. The molecule has 178 valence electrons. The Morgan fingerprint density at radius 1 is 1.09 bits per heavy atom. The van der Waals surface area contributed by atoms with E-state index in [-0.39, 0.29) is 11.6 Å². The maximum Gasteiger partial charge on any atom is 0.238 e. The zero-order valence-electron chi connectivity index (χ0n) is 18.9. The zero-order chi connectivity index (χ0) is 23.7. The summed E-state index contributed by atoms with van der Waals surface area (Å²) in [5.74, 6) is 0.181. The van der Waals surface area contributed by atoms with Gasteiger partial charge >= 0.3 is 0 Å². The van der Waals surface area contributed by atoms with Gasteiger partial charge in [0.05, 0.1) is 55.8 Å². The summed E-state index contributed by atoms with van der Waals surface area (Å²) in [4.78, 5) is 20.5. The fourth-order valence-corrected chi connectivity index (χ4v) is 4.59. The second-order valence-electron chi connectivity index (χ2n) is 8.10. The van der Waals surface area contributed by atoms with Gasteiger partial charge in [-0.2, -0.15) is 0 Å². The Bertz CT molecular complexity index is 1450. The fourth-order valence-electron chi connectivity index (χ4n) is 4.04. The molecule has 1 N–H and O–H groups in total. The first kappa shape index (κ1) is 22.4. The molecule has 1 saturated heterocycles. The topological polar surface area (TPSA) is 124 Å². The molecule has 11 nitrogen and oxygen atoms in total. The Kier molecular flexibility index (Phi) is 6.02. The molecule has 0 bridgehead atoms. The highest BCUT2D eigenvalue weighted by molar-refractivity contribution is 7.92. The van der Waals surface area contributed by atoms with Crippen molar-refractivity contribution >= 4 is 37.8 Å². The van der Waals surface area contributed by atoms with Crippen LogP contribution in [0.25, 0.3) is 33.3 Å². The molecular formula is C22H25N7O4S. The van der Waals surface area contributed by atoms with Gasteiger partial charge in [0.25, 0.3) is 0 Å². The molecule has 0 aromatic carbocycles. The monoisotopic (exact) mass is 483 g/mol. The predicted octanol–water partition coefficient (Wildman–Crippen LogP) is 1.75. The van der Waals surface area contributed by atoms with Gasteiger partial charge in [0.2, 0.25) is 15.9 Å². The first-order valence-corrected chi connectivity index (χ1v) is 12.7. The van der Waals surface area contributed by atoms with E-state index >= 15 is 0 Å². The molecule has 4 aromatic rings. The van der Waals surface area contributed by atoms with E-state index < -0.39 is 10.0 Å². The fraction of sp³-hybridized carbons (Fsp3) is 0.364. The van der Waals surface area contributed by atoms with E-state index in [4.69, 9.17) is 14.5 Å². The summed E-state index contributed by atoms with van der Waals surface area (Å²) in [6.45, 7) is 5.02. The lowest BCUT2D eigenvalue weighted by molar-refractivity contribution is 0.0365. The van der Waals surface area contributed by atoms with E-state index in [1.54, 1.807) is 18.5 Å². The number of fused-ring (bicyclic) bond motifs is 3. The number of nitrogens with one attached hydrogen (secondary N) is 1. The van der Waals surface area contributed by atoms with Gasteiger partial charge in [-0.1, -0.05) is 0 Å². The van der Waals surface area contributed by atoms with Crippen LogP contribution in [0.4, 0.5) is 5.69 Å². The number of morpholine rings is 1. The number of aromatic nitrogens is 5. The highest BCUT2D eigenvalue weighted by Crippen LogP contribution is 2.30. The molecule has 12 heteroatoms. The SMILES string of the molecule is COc1ncc(-c2ccc3ncc4ncn(CCN5CCOCC5)c4c3n2)cc1NS(C)(=O)=O. The summed E-state index contributed by atoms with van der Waals surface area (Å²) < 4.78 is 38.8. The van der Waals surface area contributed by atoms with Crippen molar-refractivity contribution in [2.45, 2.75) is 6.54 Å². The number of hydrogen-bond donors (Lipinski definition) is 1. The van der Waals surface area contributed by atoms with Gasteiger partial charge in [0, 0.05) is 37.9 Å². The average molecular weight is 484 g/mol. The van der Waals surface area contributed by atoms with Crippen LogP contribution in [0.2, 0.25) is 0 Å². The molecule has 1 aliphatic heterocycles. The van der Waals surface area contributed by atoms with Crippen LogP contribution >= 0.6 is 0 Å². The number of imidazole rings is 1. The molecule has 0 radical (unpaired) electrons. The molecule has 4 aromatic heterocycles. The van der Waals surface area contributed by atoms with Crippen LogP contribution < -0.4 is 9.46 Å². The molecule has 5 heterocycles. The first-order valence-electron chi connectivity index (χ1n) is 10.8. The highest BCUT2D eigenvalue weighted by atomic mass is 32.2. The Morgan fingerprint density at radius 3 is 2.68 bits per heavy atom. The minimum Gasteiger partial charge on any atom is -0.480 e. The zero-order valence-corrected chi connectivity index (χ0v) is 19.7. The molecule has 0 aliphatic carbocycles. The molecule has 0 spiro atoms. The summed E-state index contributed by atoms with van der Waals surface area (Å²) in [6, 6.07) is 5.39. The molecule has 1 aliphatic rings. The van der Waals surface area contributed by atoms with Gasteiger partial charge in [-0.15, -0.1) is 0 Å². The average Bonchev–Trinajstić information content (AvgIpc) is 3.26. The number of ether oxygens (including phenoxy) is 2. The van der Waals surface area contributed by atoms with Crippen molar-refractivity contribution < 1.29 is 17.9 Å². The van der Waals surface area contributed by atoms with Gasteiger partial charge in [0.15, 0.2) is 0 Å². The van der Waals surface area contributed by atoms with Crippen LogP contribution in [0.5, 0.6) is 5.88 Å². The molecule has 5 rings (SSSR count). The molecule has 1 fully saturated rings. The van der Waals surface area contributed by atoms with Crippen LogP contribution in [-0.2, 0) is 21.3 Å². The summed E-state index contributed by atoms with van der Waals surface area (Å²) in [5, 5.41) is 0. The summed E-state index contributed by atoms with van der Waals surface area (Å²) >= 11 is 0. The van der Waals surface area contributed by atoms with Crippen molar-refractivity contribution in [1.29, 1.82) is 0 Å². The predicted molar refractivity (Wildman–Crippen MR) is 128 cm³/mol. The second-order valence-corrected chi connectivity index (χ2v) is 9.85. The van der Waals surface area contributed by atoms with Crippen molar-refractivity contribution in [3.8, 4) is 17.1 Å². The minimum absolute atomic E-state index is 0.181. The maximum atomic E-state index is 11.8. The van der Waals surface area contributed by atoms with Crippen molar-refractivity contribution in [2.75, 3.05) is 50.9 Å². The van der Waals surface area contributed by atoms with E-state index in [0.29, 0.717) is 11.3 Å². The third-order valence-electron chi connectivity index (χ3n) is 5.69. The first-order chi connectivity index (χ1) is 16.4. The molecule has 0 saturated carbocycles. The molecule has 34 heavy (non-hydrogen) atoms. The molecular weight excluding hydrogens is 458 g/mol. The maximum absolute atomic E-state index is 11.8. The van der Waals surface area contributed by atoms with E-state index in [2.05, 4.69) is 29.1 Å². The van der Waals surface area contributed by atoms with Crippen molar-refractivity contribution in [3.63, 3.8) is 0 Å². The Hall–Kier alpha value is -3.35. The molecule has 0 atom stereocenters. The lowest BCUT2D eigenvalue weighted by Crippen LogP contribution is -2.38. The van der Waals surface area contributed by atoms with Gasteiger partial charge in [-0.25, -0.2) is 23.4 Å². The van der Waals surface area contributed by atoms with Crippen LogP contribution in [0, 0.1) is 0 Å². The van der Waals surface area contributed by atoms with Gasteiger partial charge in [0.1, 0.15) is 16.7 Å². The largest absolute Gasteiger partial charge is 0.480 e. The third kappa shape index (κ3) is 4.65. The number of rotatable bonds is 7. The smallest absolute Gasteiger partial charge is 0.238 e. The van der Waals surface area contributed by atoms with Crippen molar-refractivity contribution in [1.82, 2.24) is 29.4 Å². The van der Waals surface area contributed by atoms with Crippen LogP contribution in [-0.4, -0.2) is 84.0 Å². The minimum atomic E-state index is -3.51. The van der Waals surface area contributed by atoms with E-state index in [9.17, 15) is 8.42 Å². The Labute approximate surface area is 196 Å². The van der Waals surface area contributed by atoms with E-state index in [1.165, 1.54) is 7.11 Å². The standard InChI is InChI=1S/C22H25N7O4S/c1-32-22-18(27-34(2,30)31)11-15(12-24-22)16-3-4-17-20(26-16)21-19(13-23-17)25-14-29(21)6-5-28-7-9-33-10-8-28/h3-4,11-14,27H,5-10H2,1-2H3. The normalized spacial score (nSPS) is 15.1. The van der Waals surface area contributed by atoms with Crippen molar-refractivity contribution in [3.05, 3.63) is 36.9 Å². The van der Waals surface area contributed by atoms with Crippen LogP contribution in [0.1, 0.15) is 0 Å². The number of methoxy groups -OCH3 is 1. The Balaban J connectivity index is 1.54. The van der Waals surface area contributed by atoms with Gasteiger partial charge in [-0.3, -0.25) is 14.6 Å². The molecule has 0 unspecified atom stereocenters. The van der Waals surface area contributed by atoms with E-state index in [0.717, 1.165) is 67.7 Å². The summed E-state index contributed by atoms with van der Waals surface area (Å²) in [5.41, 5.74) is 4.68. The number of sulfonamides is 1. The number of nitrogens with zero attached hydrogens (tertiary/aromatic N) is 6. The highest BCUT2D eigenvalue weighted by Gasteiger charge is 2.16. The lowest BCUT2D eigenvalue weighted by Gasteiger charge is -2.26. The number of hydrogen-bond acceptors (Lipinski definition) is 9. The summed E-state index contributed by atoms with van der Waals surface area (Å²) in [6.07, 6.45) is 6.26. The summed E-state index contributed by atoms with van der Waals surface area (Å²) in [7, 11) is -2.08.